The summed E-state index contributed by atoms with van der Waals surface area (Å²) >= 11 is 0. The van der Waals surface area contributed by atoms with Crippen molar-refractivity contribution in [2.24, 2.45) is 5.92 Å². The Morgan fingerprint density at radius 3 is 2.62 bits per heavy atom. The van der Waals surface area contributed by atoms with Gasteiger partial charge in [0.2, 0.25) is 0 Å². The van der Waals surface area contributed by atoms with E-state index in [1.807, 2.05) is 12.1 Å². The molecule has 4 unspecified atom stereocenters. The molecule has 0 bridgehead atoms. The van der Waals surface area contributed by atoms with Crippen molar-refractivity contribution >= 4 is 0 Å². The van der Waals surface area contributed by atoms with Crippen LogP contribution in [0.1, 0.15) is 52.1 Å². The van der Waals surface area contributed by atoms with Crippen molar-refractivity contribution in [2.75, 3.05) is 13.1 Å². The molecule has 1 aliphatic heterocycles. The van der Waals surface area contributed by atoms with Gasteiger partial charge in [0.15, 0.2) is 0 Å². The van der Waals surface area contributed by atoms with Crippen LogP contribution in [-0.2, 0) is 0 Å². The molecule has 0 aliphatic carbocycles. The molecule has 2 nitrogen and oxygen atoms in total. The lowest BCUT2D eigenvalue weighted by molar-refractivity contribution is 0.0692. The third kappa shape index (κ3) is 3.64. The van der Waals surface area contributed by atoms with Gasteiger partial charge in [0.05, 0.1) is 0 Å². The molecule has 0 saturated carbocycles. The van der Waals surface area contributed by atoms with E-state index in [0.29, 0.717) is 18.0 Å². The Bertz CT molecular complexity index is 449. The summed E-state index contributed by atoms with van der Waals surface area (Å²) in [6, 6.07) is 8.32. The highest BCUT2D eigenvalue weighted by Crippen LogP contribution is 2.29. The maximum absolute atomic E-state index is 14.1. The van der Waals surface area contributed by atoms with E-state index in [4.69, 9.17) is 0 Å². The Morgan fingerprint density at radius 2 is 2.00 bits per heavy atom. The lowest BCUT2D eigenvalue weighted by Gasteiger charge is -2.45. The fourth-order valence-electron chi connectivity index (χ4n) is 3.36. The zero-order valence-corrected chi connectivity index (χ0v) is 13.8. The maximum Gasteiger partial charge on any atom is 0.127 e. The van der Waals surface area contributed by atoms with Gasteiger partial charge in [0.1, 0.15) is 5.82 Å². The number of piperazine rings is 1. The molecule has 1 aliphatic rings. The first-order chi connectivity index (χ1) is 10.1. The molecule has 1 N–H and O–H groups in total. The highest BCUT2D eigenvalue weighted by Gasteiger charge is 2.33. The van der Waals surface area contributed by atoms with Gasteiger partial charge in [-0.15, -0.1) is 0 Å². The highest BCUT2D eigenvalue weighted by atomic mass is 19.1. The van der Waals surface area contributed by atoms with Crippen LogP contribution >= 0.6 is 0 Å². The molecule has 2 rings (SSSR count). The van der Waals surface area contributed by atoms with Crippen LogP contribution in [0.25, 0.3) is 0 Å². The van der Waals surface area contributed by atoms with Gasteiger partial charge in [-0.3, -0.25) is 4.90 Å². The second kappa shape index (κ2) is 7.37. The van der Waals surface area contributed by atoms with Gasteiger partial charge in [0.25, 0.3) is 0 Å². The second-order valence-corrected chi connectivity index (χ2v) is 6.36. The molecule has 0 spiro atoms. The lowest BCUT2D eigenvalue weighted by atomic mass is 9.92. The van der Waals surface area contributed by atoms with Crippen LogP contribution in [0, 0.1) is 11.7 Å². The summed E-state index contributed by atoms with van der Waals surface area (Å²) in [5.41, 5.74) is 0.820. The van der Waals surface area contributed by atoms with E-state index in [2.05, 4.69) is 37.9 Å². The van der Waals surface area contributed by atoms with E-state index in [0.717, 1.165) is 25.1 Å². The van der Waals surface area contributed by atoms with E-state index < -0.39 is 0 Å². The average molecular weight is 292 g/mol. The molecule has 1 heterocycles. The molecule has 0 radical (unpaired) electrons. The largest absolute Gasteiger partial charge is 0.311 e. The topological polar surface area (TPSA) is 15.3 Å². The standard InChI is InChI=1S/C18H29FN2/c1-5-13(3)18-12-21(15(6-2)11-20-18)14(4)16-9-7-8-10-17(16)19/h7-10,13-15,18,20H,5-6,11-12H2,1-4H3. The third-order valence-corrected chi connectivity index (χ3v) is 5.15. The minimum Gasteiger partial charge on any atom is -0.311 e. The van der Waals surface area contributed by atoms with E-state index in [-0.39, 0.29) is 11.9 Å². The monoisotopic (exact) mass is 292 g/mol. The molecule has 0 amide bonds. The minimum atomic E-state index is -0.0847. The molecule has 1 fully saturated rings. The summed E-state index contributed by atoms with van der Waals surface area (Å²) in [5, 5.41) is 3.69. The number of halogens is 1. The van der Waals surface area contributed by atoms with Crippen molar-refractivity contribution in [2.45, 2.75) is 58.7 Å². The normalized spacial score (nSPS) is 26.5. The molecule has 1 aromatic rings. The first-order valence-electron chi connectivity index (χ1n) is 8.32. The SMILES string of the molecule is CCC(C)C1CN(C(C)c2ccccc2F)C(CC)CN1. The number of rotatable bonds is 5. The average Bonchev–Trinajstić information content (AvgIpc) is 2.53. The van der Waals surface area contributed by atoms with E-state index >= 15 is 0 Å². The minimum absolute atomic E-state index is 0.0847. The summed E-state index contributed by atoms with van der Waals surface area (Å²) in [5.74, 6) is 0.566. The molecule has 3 heteroatoms. The summed E-state index contributed by atoms with van der Waals surface area (Å²) in [7, 11) is 0. The number of nitrogens with one attached hydrogen (secondary N) is 1. The second-order valence-electron chi connectivity index (χ2n) is 6.36. The number of benzene rings is 1. The predicted octanol–water partition coefficient (Wildman–Crippen LogP) is 3.99. The Balaban J connectivity index is 2.18. The van der Waals surface area contributed by atoms with Gasteiger partial charge in [-0.1, -0.05) is 45.4 Å². The Morgan fingerprint density at radius 1 is 1.29 bits per heavy atom. The first kappa shape index (κ1) is 16.4. The van der Waals surface area contributed by atoms with Crippen LogP contribution in [0.2, 0.25) is 0 Å². The summed E-state index contributed by atoms with van der Waals surface area (Å²) in [4.78, 5) is 2.49. The molecule has 4 atom stereocenters. The van der Waals surface area contributed by atoms with E-state index in [1.54, 1.807) is 12.1 Å². The van der Waals surface area contributed by atoms with Crippen molar-refractivity contribution in [3.63, 3.8) is 0 Å². The van der Waals surface area contributed by atoms with Crippen molar-refractivity contribution < 1.29 is 4.39 Å². The third-order valence-electron chi connectivity index (χ3n) is 5.15. The molecular formula is C18H29FN2. The van der Waals surface area contributed by atoms with Crippen LogP contribution in [0.4, 0.5) is 4.39 Å². The fraction of sp³-hybridized carbons (Fsp3) is 0.667. The van der Waals surface area contributed by atoms with Gasteiger partial charge in [-0.2, -0.15) is 0 Å². The van der Waals surface area contributed by atoms with Gasteiger partial charge in [0, 0.05) is 36.8 Å². The van der Waals surface area contributed by atoms with Crippen molar-refractivity contribution in [3.8, 4) is 0 Å². The van der Waals surface area contributed by atoms with Crippen LogP contribution in [-0.4, -0.2) is 30.1 Å². The predicted molar refractivity (Wildman–Crippen MR) is 86.8 cm³/mol. The van der Waals surface area contributed by atoms with Crippen LogP contribution in [0.5, 0.6) is 0 Å². The summed E-state index contributed by atoms with van der Waals surface area (Å²) in [6.07, 6.45) is 2.27. The highest BCUT2D eigenvalue weighted by molar-refractivity contribution is 5.21. The molecule has 1 saturated heterocycles. The summed E-state index contributed by atoms with van der Waals surface area (Å²) in [6.45, 7) is 10.9. The van der Waals surface area contributed by atoms with Crippen molar-refractivity contribution in [1.29, 1.82) is 0 Å². The molecule has 21 heavy (non-hydrogen) atoms. The van der Waals surface area contributed by atoms with Crippen LogP contribution in [0.3, 0.4) is 0 Å². The van der Waals surface area contributed by atoms with Crippen molar-refractivity contribution in [1.82, 2.24) is 10.2 Å². The van der Waals surface area contributed by atoms with Gasteiger partial charge >= 0.3 is 0 Å². The molecule has 118 valence electrons. The Hall–Kier alpha value is -0.930. The lowest BCUT2D eigenvalue weighted by Crippen LogP contribution is -2.58. The van der Waals surface area contributed by atoms with E-state index in [1.165, 1.54) is 6.42 Å². The van der Waals surface area contributed by atoms with Gasteiger partial charge in [-0.05, 0) is 25.3 Å². The summed E-state index contributed by atoms with van der Waals surface area (Å²) < 4.78 is 14.1. The first-order valence-corrected chi connectivity index (χ1v) is 8.32. The zero-order valence-electron chi connectivity index (χ0n) is 13.8. The molecular weight excluding hydrogens is 263 g/mol. The Kier molecular flexibility index (Phi) is 5.77. The molecule has 1 aromatic carbocycles. The Labute approximate surface area is 128 Å². The van der Waals surface area contributed by atoms with Crippen LogP contribution in [0.15, 0.2) is 24.3 Å². The zero-order chi connectivity index (χ0) is 15.4. The fourth-order valence-corrected chi connectivity index (χ4v) is 3.36. The van der Waals surface area contributed by atoms with E-state index in [9.17, 15) is 4.39 Å². The van der Waals surface area contributed by atoms with Crippen LogP contribution < -0.4 is 5.32 Å². The van der Waals surface area contributed by atoms with Gasteiger partial charge < -0.3 is 5.32 Å². The number of hydrogen-bond donors (Lipinski definition) is 1. The smallest absolute Gasteiger partial charge is 0.127 e. The van der Waals surface area contributed by atoms with Crippen molar-refractivity contribution in [3.05, 3.63) is 35.6 Å². The maximum atomic E-state index is 14.1. The quantitative estimate of drug-likeness (QED) is 0.883. The van der Waals surface area contributed by atoms with Gasteiger partial charge in [-0.25, -0.2) is 4.39 Å². The molecule has 0 aromatic heterocycles. The number of hydrogen-bond acceptors (Lipinski definition) is 2. The number of nitrogens with zero attached hydrogens (tertiary/aromatic N) is 1.